The van der Waals surface area contributed by atoms with Crippen LogP contribution in [0.15, 0.2) is 52.7 Å². The molecule has 4 rings (SSSR count). The lowest BCUT2D eigenvalue weighted by Gasteiger charge is -2.41. The number of anilines is 1. The number of aromatic nitrogens is 1. The number of sulfone groups is 1. The minimum Gasteiger partial charge on any atom is -0.341 e. The number of carbonyl (C=O) groups excluding carboxylic acids is 3. The minimum absolute atomic E-state index is 0.0113. The van der Waals surface area contributed by atoms with Gasteiger partial charge in [-0.2, -0.15) is 18.4 Å². The fourth-order valence-electron chi connectivity index (χ4n) is 4.42. The van der Waals surface area contributed by atoms with Gasteiger partial charge >= 0.3 is 18.2 Å². The van der Waals surface area contributed by atoms with Gasteiger partial charge in [-0.3, -0.25) is 14.7 Å². The van der Waals surface area contributed by atoms with Gasteiger partial charge in [0.1, 0.15) is 11.7 Å². The van der Waals surface area contributed by atoms with Crippen LogP contribution < -0.4 is 10.2 Å². The molecule has 1 N–H and O–H groups in total. The first-order valence-corrected chi connectivity index (χ1v) is 12.6. The Bertz CT molecular complexity index is 1530. The molecule has 1 atom stereocenters. The van der Waals surface area contributed by atoms with Crippen molar-refractivity contribution in [3.8, 4) is 6.07 Å². The summed E-state index contributed by atoms with van der Waals surface area (Å²) in [5, 5.41) is 11.5. The van der Waals surface area contributed by atoms with E-state index in [-0.39, 0.29) is 45.8 Å². The number of carbonyl (C=O) groups is 3. The number of urea groups is 2. The van der Waals surface area contributed by atoms with Crippen LogP contribution in [0.1, 0.15) is 35.7 Å². The highest BCUT2D eigenvalue weighted by atomic mass is 32.2. The predicted molar refractivity (Wildman–Crippen MR) is 122 cm³/mol. The number of pyridine rings is 1. The molecule has 1 aromatic heterocycles. The normalized spacial score (nSPS) is 18.1. The van der Waals surface area contributed by atoms with Crippen molar-refractivity contribution in [2.45, 2.75) is 30.0 Å². The number of nitrogens with zero attached hydrogens (tertiary/aromatic N) is 4. The zero-order valence-corrected chi connectivity index (χ0v) is 20.1. The van der Waals surface area contributed by atoms with Crippen LogP contribution in [0.4, 0.5) is 28.4 Å². The summed E-state index contributed by atoms with van der Waals surface area (Å²) in [4.78, 5) is 44.2. The second-order valence-corrected chi connectivity index (χ2v) is 10.2. The lowest BCUT2D eigenvalue weighted by molar-refractivity contribution is -0.141. The SMILES string of the molecule is CNC(=O)N1C(=O)N(c2ccnc(C(F)(F)F)c2)C2=C(C(=O)CC2)C1c1ccc(C#N)cc1S(C)(=O)=O. The molecule has 1 aliphatic heterocycles. The van der Waals surface area contributed by atoms with Crippen molar-refractivity contribution in [2.24, 2.45) is 0 Å². The summed E-state index contributed by atoms with van der Waals surface area (Å²) in [7, 11) is -2.83. The van der Waals surface area contributed by atoms with Gasteiger partial charge in [-0.1, -0.05) is 6.07 Å². The van der Waals surface area contributed by atoms with Gasteiger partial charge in [-0.05, 0) is 36.2 Å². The predicted octanol–water partition coefficient (Wildman–Crippen LogP) is 3.32. The number of rotatable bonds is 3. The Morgan fingerprint density at radius 1 is 1.19 bits per heavy atom. The zero-order chi connectivity index (χ0) is 27.3. The summed E-state index contributed by atoms with van der Waals surface area (Å²) in [6.45, 7) is 0. The molecule has 1 aliphatic carbocycles. The topological polar surface area (TPSA) is 141 Å². The van der Waals surface area contributed by atoms with Crippen LogP contribution in [-0.2, 0) is 20.8 Å². The number of alkyl halides is 3. The Balaban J connectivity index is 2.03. The fourth-order valence-corrected chi connectivity index (χ4v) is 5.37. The molecule has 4 amide bonds. The van der Waals surface area contributed by atoms with Crippen molar-refractivity contribution < 1.29 is 36.0 Å². The molecule has 0 bridgehead atoms. The standard InChI is InChI=1S/C23H18F3N5O5S/c1-28-21(33)31-20(14-4-3-12(11-27)9-17(14)37(2,35)36)19-15(5-6-16(19)32)30(22(31)34)13-7-8-29-18(10-13)23(24,25)26/h3-4,7-10,20H,5-6H2,1-2H3,(H,28,33). The first-order chi connectivity index (χ1) is 17.3. The number of ketones is 1. The van der Waals surface area contributed by atoms with Gasteiger partial charge in [0.2, 0.25) is 0 Å². The molecule has 192 valence electrons. The maximum absolute atomic E-state index is 13.7. The van der Waals surface area contributed by atoms with E-state index in [9.17, 15) is 41.2 Å². The molecular weight excluding hydrogens is 515 g/mol. The third-order valence-corrected chi connectivity index (χ3v) is 7.11. The van der Waals surface area contributed by atoms with E-state index in [0.717, 1.165) is 29.5 Å². The third-order valence-electron chi connectivity index (χ3n) is 5.96. The fraction of sp³-hybridized carbons (Fsp3) is 0.261. The van der Waals surface area contributed by atoms with Gasteiger partial charge in [0.25, 0.3) is 0 Å². The Morgan fingerprint density at radius 3 is 2.49 bits per heavy atom. The van der Waals surface area contributed by atoms with Crippen molar-refractivity contribution in [1.82, 2.24) is 15.2 Å². The second kappa shape index (κ2) is 9.00. The number of nitrogens with one attached hydrogen (secondary N) is 1. The smallest absolute Gasteiger partial charge is 0.341 e. The highest BCUT2D eigenvalue weighted by molar-refractivity contribution is 7.90. The van der Waals surface area contributed by atoms with Gasteiger partial charge in [0.15, 0.2) is 15.6 Å². The van der Waals surface area contributed by atoms with Crippen LogP contribution in [0.3, 0.4) is 0 Å². The number of benzene rings is 1. The molecule has 0 saturated carbocycles. The number of amides is 4. The highest BCUT2D eigenvalue weighted by Gasteiger charge is 2.49. The van der Waals surface area contributed by atoms with Crippen LogP contribution >= 0.6 is 0 Å². The van der Waals surface area contributed by atoms with Gasteiger partial charge < -0.3 is 5.32 Å². The highest BCUT2D eigenvalue weighted by Crippen LogP contribution is 2.46. The van der Waals surface area contributed by atoms with Crippen molar-refractivity contribution in [3.63, 3.8) is 0 Å². The number of Topliss-reactive ketones (excluding diaryl/α,β-unsaturated/α-hetero) is 1. The first kappa shape index (κ1) is 25.8. The van der Waals surface area contributed by atoms with E-state index in [1.165, 1.54) is 19.2 Å². The molecule has 2 aromatic rings. The van der Waals surface area contributed by atoms with E-state index in [0.29, 0.717) is 11.0 Å². The van der Waals surface area contributed by atoms with E-state index in [4.69, 9.17) is 0 Å². The van der Waals surface area contributed by atoms with Gasteiger partial charge in [0.05, 0.1) is 22.2 Å². The zero-order valence-electron chi connectivity index (χ0n) is 19.3. The average molecular weight is 533 g/mol. The number of imide groups is 1. The third kappa shape index (κ3) is 4.42. The van der Waals surface area contributed by atoms with E-state index in [1.54, 1.807) is 0 Å². The molecule has 14 heteroatoms. The molecule has 0 radical (unpaired) electrons. The van der Waals surface area contributed by atoms with Crippen LogP contribution in [0.5, 0.6) is 0 Å². The van der Waals surface area contributed by atoms with Crippen molar-refractivity contribution in [2.75, 3.05) is 18.2 Å². The number of nitriles is 1. The van der Waals surface area contributed by atoms with E-state index in [1.807, 2.05) is 6.07 Å². The molecular formula is C23H18F3N5O5S. The molecule has 37 heavy (non-hydrogen) atoms. The average Bonchev–Trinajstić information content (AvgIpc) is 3.22. The molecule has 0 saturated heterocycles. The number of halogens is 3. The molecule has 2 heterocycles. The molecule has 10 nitrogen and oxygen atoms in total. The number of hydrogen-bond acceptors (Lipinski definition) is 7. The van der Waals surface area contributed by atoms with Gasteiger partial charge in [-0.15, -0.1) is 0 Å². The number of hydrogen-bond donors (Lipinski definition) is 1. The summed E-state index contributed by atoms with van der Waals surface area (Å²) in [5.74, 6) is -0.514. The van der Waals surface area contributed by atoms with Crippen LogP contribution in [0.2, 0.25) is 0 Å². The maximum Gasteiger partial charge on any atom is 0.433 e. The van der Waals surface area contributed by atoms with Crippen molar-refractivity contribution in [1.29, 1.82) is 5.26 Å². The largest absolute Gasteiger partial charge is 0.433 e. The van der Waals surface area contributed by atoms with Crippen LogP contribution in [0, 0.1) is 11.3 Å². The Kier molecular flexibility index (Phi) is 6.28. The monoisotopic (exact) mass is 533 g/mol. The summed E-state index contributed by atoms with van der Waals surface area (Å²) in [6, 6.07) is 3.53. The van der Waals surface area contributed by atoms with Gasteiger partial charge in [0, 0.05) is 37.2 Å². The van der Waals surface area contributed by atoms with Crippen LogP contribution in [0.25, 0.3) is 0 Å². The van der Waals surface area contributed by atoms with Crippen LogP contribution in [-0.4, -0.2) is 49.5 Å². The van der Waals surface area contributed by atoms with E-state index >= 15 is 0 Å². The molecule has 2 aliphatic rings. The maximum atomic E-state index is 13.7. The second-order valence-electron chi connectivity index (χ2n) is 8.26. The quantitative estimate of drug-likeness (QED) is 0.638. The summed E-state index contributed by atoms with van der Waals surface area (Å²) < 4.78 is 65.3. The minimum atomic E-state index is -4.83. The Morgan fingerprint density at radius 2 is 1.89 bits per heavy atom. The van der Waals surface area contributed by atoms with Gasteiger partial charge in [-0.25, -0.2) is 22.9 Å². The number of allylic oxidation sites excluding steroid dienone is 1. The van der Waals surface area contributed by atoms with Crippen molar-refractivity contribution >= 4 is 33.4 Å². The lowest BCUT2D eigenvalue weighted by Crippen LogP contribution is -2.55. The summed E-state index contributed by atoms with van der Waals surface area (Å²) in [5.41, 5.74) is -1.74. The summed E-state index contributed by atoms with van der Waals surface area (Å²) in [6.07, 6.45) is -3.26. The molecule has 1 unspecified atom stereocenters. The van der Waals surface area contributed by atoms with E-state index < -0.39 is 45.6 Å². The lowest BCUT2D eigenvalue weighted by atomic mass is 9.92. The molecule has 0 spiro atoms. The Labute approximate surface area is 208 Å². The van der Waals surface area contributed by atoms with Crippen molar-refractivity contribution in [3.05, 3.63) is 64.6 Å². The first-order valence-electron chi connectivity index (χ1n) is 10.7. The van der Waals surface area contributed by atoms with E-state index in [2.05, 4.69) is 10.3 Å². The molecule has 1 aromatic carbocycles. The molecule has 0 fully saturated rings. The Hall–Kier alpha value is -4.25. The summed E-state index contributed by atoms with van der Waals surface area (Å²) >= 11 is 0.